The fraction of sp³-hybridized carbons (Fsp3) is 0.462. The molecule has 0 saturated carbocycles. The Bertz CT molecular complexity index is 910. The van der Waals surface area contributed by atoms with Gasteiger partial charge in [0.15, 0.2) is 0 Å². The Labute approximate surface area is 180 Å². The van der Waals surface area contributed by atoms with E-state index in [4.69, 9.17) is 0 Å². The fourth-order valence-electron chi connectivity index (χ4n) is 4.75. The summed E-state index contributed by atoms with van der Waals surface area (Å²) in [6.45, 7) is 9.81. The first-order valence-corrected chi connectivity index (χ1v) is 11.5. The molecule has 0 atom stereocenters. The lowest BCUT2D eigenvalue weighted by molar-refractivity contribution is -0.119. The van der Waals surface area contributed by atoms with Gasteiger partial charge in [-0.2, -0.15) is 0 Å². The number of para-hydroxylation sites is 2. The average Bonchev–Trinajstić information content (AvgIpc) is 3.39. The van der Waals surface area contributed by atoms with Crippen molar-refractivity contribution in [3.63, 3.8) is 0 Å². The van der Waals surface area contributed by atoms with Gasteiger partial charge in [0.2, 0.25) is 11.8 Å². The molecule has 0 spiro atoms. The molecule has 4 aliphatic heterocycles. The summed E-state index contributed by atoms with van der Waals surface area (Å²) < 4.78 is 0. The molecule has 4 heteroatoms. The van der Waals surface area contributed by atoms with Gasteiger partial charge in [-0.05, 0) is 47.9 Å². The van der Waals surface area contributed by atoms with Crippen molar-refractivity contribution < 1.29 is 9.59 Å². The lowest BCUT2D eigenvalue weighted by Crippen LogP contribution is -2.32. The molecule has 0 aromatic heterocycles. The fourth-order valence-corrected chi connectivity index (χ4v) is 4.75. The van der Waals surface area contributed by atoms with Crippen LogP contribution in [0.5, 0.6) is 0 Å². The van der Waals surface area contributed by atoms with E-state index in [1.165, 1.54) is 33.6 Å². The molecule has 4 heterocycles. The lowest BCUT2D eigenvalue weighted by atomic mass is 10.00. The molecular weight excluding hydrogens is 372 g/mol. The van der Waals surface area contributed by atoms with Gasteiger partial charge < -0.3 is 9.80 Å². The maximum absolute atomic E-state index is 11.6. The molecule has 2 amide bonds. The highest BCUT2D eigenvalue weighted by Gasteiger charge is 2.31. The van der Waals surface area contributed by atoms with Crippen LogP contribution >= 0.6 is 0 Å². The second kappa shape index (κ2) is 9.92. The molecule has 0 radical (unpaired) electrons. The zero-order valence-corrected chi connectivity index (χ0v) is 18.8. The second-order valence-corrected chi connectivity index (χ2v) is 7.47. The van der Waals surface area contributed by atoms with Gasteiger partial charge in [-0.25, -0.2) is 0 Å². The number of hydrogen-bond acceptors (Lipinski definition) is 2. The molecule has 30 heavy (non-hydrogen) atoms. The van der Waals surface area contributed by atoms with Crippen LogP contribution in [0.4, 0.5) is 11.4 Å². The van der Waals surface area contributed by atoms with Crippen LogP contribution in [0, 0.1) is 0 Å². The average molecular weight is 407 g/mol. The van der Waals surface area contributed by atoms with E-state index in [0.29, 0.717) is 18.7 Å². The summed E-state index contributed by atoms with van der Waals surface area (Å²) in [5, 5.41) is 0. The Kier molecular flexibility index (Phi) is 7.30. The number of carbonyl (C=O) groups is 2. The minimum atomic E-state index is 0.280. The van der Waals surface area contributed by atoms with Gasteiger partial charge in [0.05, 0.1) is 17.8 Å². The van der Waals surface area contributed by atoms with E-state index in [1.807, 2.05) is 37.5 Å². The van der Waals surface area contributed by atoms with Crippen molar-refractivity contribution in [2.75, 3.05) is 22.9 Å². The highest BCUT2D eigenvalue weighted by Crippen LogP contribution is 2.37. The summed E-state index contributed by atoms with van der Waals surface area (Å²) in [7, 11) is 0. The van der Waals surface area contributed by atoms with Crippen molar-refractivity contribution in [1.29, 1.82) is 0 Å². The van der Waals surface area contributed by atoms with Gasteiger partial charge in [0.1, 0.15) is 0 Å². The van der Waals surface area contributed by atoms with Crippen LogP contribution in [0.25, 0.3) is 0 Å². The number of rotatable bonds is 0. The Morgan fingerprint density at radius 3 is 1.83 bits per heavy atom. The van der Waals surface area contributed by atoms with Crippen LogP contribution in [0.15, 0.2) is 36.4 Å². The van der Waals surface area contributed by atoms with E-state index in [2.05, 4.69) is 36.4 Å². The largest absolute Gasteiger partial charge is 0.312 e. The molecule has 2 aromatic rings. The zero-order chi connectivity index (χ0) is 21.7. The molecule has 0 saturated heterocycles. The topological polar surface area (TPSA) is 40.6 Å². The van der Waals surface area contributed by atoms with E-state index in [0.717, 1.165) is 38.8 Å². The third kappa shape index (κ3) is 4.00. The molecule has 0 bridgehead atoms. The van der Waals surface area contributed by atoms with Crippen LogP contribution in [0.1, 0.15) is 62.8 Å². The first kappa shape index (κ1) is 22.1. The molecule has 0 N–H and O–H groups in total. The van der Waals surface area contributed by atoms with Crippen LogP contribution in [-0.2, 0) is 35.3 Å². The quantitative estimate of drug-likeness (QED) is 0.611. The third-order valence-corrected chi connectivity index (χ3v) is 5.93. The Balaban J connectivity index is 0.000000147. The number of anilines is 2. The zero-order valence-electron chi connectivity index (χ0n) is 18.8. The smallest absolute Gasteiger partial charge is 0.231 e. The van der Waals surface area contributed by atoms with Crippen molar-refractivity contribution in [3.8, 4) is 0 Å². The maximum Gasteiger partial charge on any atom is 0.231 e. The van der Waals surface area contributed by atoms with Gasteiger partial charge in [-0.1, -0.05) is 64.1 Å². The molecule has 0 unspecified atom stereocenters. The first-order valence-electron chi connectivity index (χ1n) is 11.5. The van der Waals surface area contributed by atoms with Gasteiger partial charge in [0, 0.05) is 19.5 Å². The first-order chi connectivity index (χ1) is 14.7. The van der Waals surface area contributed by atoms with Gasteiger partial charge >= 0.3 is 0 Å². The molecule has 0 aliphatic carbocycles. The SMILES string of the molecule is CC.CC.O=C1CCc2cccc3c2N1CC3.O=C1Cc2cccc3c2N1CCC3. The Morgan fingerprint density at radius 2 is 1.13 bits per heavy atom. The number of amides is 2. The number of hydrogen-bond donors (Lipinski definition) is 0. The molecule has 4 nitrogen and oxygen atoms in total. The summed E-state index contributed by atoms with van der Waals surface area (Å²) in [6, 6.07) is 12.7. The summed E-state index contributed by atoms with van der Waals surface area (Å²) >= 11 is 0. The van der Waals surface area contributed by atoms with Crippen molar-refractivity contribution >= 4 is 23.2 Å². The number of carbonyl (C=O) groups excluding carboxylic acids is 2. The number of nitrogens with zero attached hydrogens (tertiary/aromatic N) is 2. The predicted molar refractivity (Wildman–Crippen MR) is 124 cm³/mol. The van der Waals surface area contributed by atoms with Gasteiger partial charge in [-0.15, -0.1) is 0 Å². The van der Waals surface area contributed by atoms with Crippen LogP contribution in [-0.4, -0.2) is 24.9 Å². The molecule has 4 aliphatic rings. The summed E-state index contributed by atoms with van der Waals surface area (Å²) in [6.07, 6.45) is 5.52. The highest BCUT2D eigenvalue weighted by atomic mass is 16.2. The van der Waals surface area contributed by atoms with Crippen LogP contribution in [0.2, 0.25) is 0 Å². The monoisotopic (exact) mass is 406 g/mol. The maximum atomic E-state index is 11.6. The summed E-state index contributed by atoms with van der Waals surface area (Å²) in [5.74, 6) is 0.583. The van der Waals surface area contributed by atoms with Crippen LogP contribution in [0.3, 0.4) is 0 Å². The minimum absolute atomic E-state index is 0.280. The van der Waals surface area contributed by atoms with E-state index in [-0.39, 0.29) is 5.91 Å². The second-order valence-electron chi connectivity index (χ2n) is 7.47. The van der Waals surface area contributed by atoms with E-state index in [9.17, 15) is 9.59 Å². The highest BCUT2D eigenvalue weighted by molar-refractivity contribution is 6.02. The summed E-state index contributed by atoms with van der Waals surface area (Å²) in [5.41, 5.74) is 7.73. The Morgan fingerprint density at radius 1 is 0.600 bits per heavy atom. The predicted octanol–water partition coefficient (Wildman–Crippen LogP) is 5.10. The van der Waals surface area contributed by atoms with E-state index in [1.54, 1.807) is 0 Å². The van der Waals surface area contributed by atoms with Crippen molar-refractivity contribution in [1.82, 2.24) is 0 Å². The standard InChI is InChI=1S/2C11H11NO.2C2H6/c13-10-7-9-4-1-3-8-5-2-6-12(10)11(8)9;13-10-5-4-8-2-1-3-9-6-7-12(10)11(8)9;2*1-2/h1,3-4H,2,5-7H2;1-3H,4-7H2;2*1-2H3. The molecule has 2 aromatic carbocycles. The molecule has 6 rings (SSSR count). The van der Waals surface area contributed by atoms with E-state index < -0.39 is 0 Å². The summed E-state index contributed by atoms with van der Waals surface area (Å²) in [4.78, 5) is 27.0. The molecule has 160 valence electrons. The molecule has 0 fully saturated rings. The van der Waals surface area contributed by atoms with Crippen molar-refractivity contribution in [2.24, 2.45) is 0 Å². The van der Waals surface area contributed by atoms with Gasteiger partial charge in [-0.3, -0.25) is 9.59 Å². The Hall–Kier alpha value is -2.62. The van der Waals surface area contributed by atoms with Gasteiger partial charge in [0.25, 0.3) is 0 Å². The van der Waals surface area contributed by atoms with Crippen molar-refractivity contribution in [3.05, 3.63) is 58.7 Å². The van der Waals surface area contributed by atoms with E-state index >= 15 is 0 Å². The van der Waals surface area contributed by atoms with Crippen molar-refractivity contribution in [2.45, 2.75) is 66.2 Å². The minimum Gasteiger partial charge on any atom is -0.312 e. The molecular formula is C26H34N2O2. The number of benzene rings is 2. The third-order valence-electron chi connectivity index (χ3n) is 5.93. The number of aryl methyl sites for hydroxylation is 2. The normalized spacial score (nSPS) is 16.9. The van der Waals surface area contributed by atoms with Crippen LogP contribution < -0.4 is 9.80 Å². The lowest BCUT2D eigenvalue weighted by Gasteiger charge is -2.25.